The Balaban J connectivity index is 1.50. The summed E-state index contributed by atoms with van der Waals surface area (Å²) in [6.45, 7) is -0.282. The van der Waals surface area contributed by atoms with Gasteiger partial charge in [0.1, 0.15) is 29.8 Å². The first-order valence-electron chi connectivity index (χ1n) is 10.7. The number of anilines is 3. The minimum Gasteiger partial charge on any atom is -0.481 e. The third-order valence-electron chi connectivity index (χ3n) is 4.94. The topological polar surface area (TPSA) is 159 Å². The fourth-order valence-corrected chi connectivity index (χ4v) is 6.02. The standard InChI is InChI=1S/C22H15Cl2FN6O5S3/c23-11-4-13(25)15(5-12(11)24)29-19-10-3-9(1-2-14(10)26-8-27-19)28-17(32)7-31-22(37)39-21(30-31)38-16(20(35)36)6-18(33)34/h1-5,8,16H,6-7H2,(H,28,32)(H,33,34)(H,35,36)(H,26,27,29). The average molecular weight is 630 g/mol. The summed E-state index contributed by atoms with van der Waals surface area (Å²) in [5, 5.41) is 27.3. The predicted octanol–water partition coefficient (Wildman–Crippen LogP) is 5.47. The fraction of sp³-hybridized carbons (Fsp3) is 0.136. The van der Waals surface area contributed by atoms with Gasteiger partial charge < -0.3 is 20.8 Å². The zero-order valence-electron chi connectivity index (χ0n) is 19.2. The summed E-state index contributed by atoms with van der Waals surface area (Å²) in [5.74, 6) is -3.45. The average Bonchev–Trinajstić information content (AvgIpc) is 3.20. The van der Waals surface area contributed by atoms with E-state index in [2.05, 4.69) is 25.7 Å². The third-order valence-corrected chi connectivity index (χ3v) is 8.24. The largest absolute Gasteiger partial charge is 0.481 e. The molecule has 2 heterocycles. The first-order chi connectivity index (χ1) is 18.5. The van der Waals surface area contributed by atoms with Crippen LogP contribution in [0.2, 0.25) is 10.0 Å². The maximum Gasteiger partial charge on any atom is 0.317 e. The van der Waals surface area contributed by atoms with Crippen LogP contribution in [0.15, 0.2) is 41.0 Å². The molecule has 1 amide bonds. The lowest BCUT2D eigenvalue weighted by atomic mass is 10.2. The SMILES string of the molecule is O=C(O)CC(Sc1nn(CC(=O)Nc2ccc3ncnc(Nc4cc(Cl)c(Cl)cc4F)c3c2)c(=S)s1)C(=O)O. The number of benzene rings is 2. The minimum absolute atomic E-state index is 0.0407. The molecule has 2 aromatic carbocycles. The molecule has 0 bridgehead atoms. The van der Waals surface area contributed by atoms with E-state index < -0.39 is 35.3 Å². The summed E-state index contributed by atoms with van der Waals surface area (Å²) in [6.07, 6.45) is 0.691. The Morgan fingerprint density at radius 3 is 2.62 bits per heavy atom. The van der Waals surface area contributed by atoms with Gasteiger partial charge in [-0.3, -0.25) is 14.4 Å². The molecule has 1 atom stereocenters. The van der Waals surface area contributed by atoms with Crippen molar-refractivity contribution < 1.29 is 29.0 Å². The Kier molecular flexibility index (Phi) is 8.97. The smallest absolute Gasteiger partial charge is 0.317 e. The number of amides is 1. The molecule has 2 aromatic heterocycles. The highest BCUT2D eigenvalue weighted by molar-refractivity contribution is 8.02. The Morgan fingerprint density at radius 2 is 1.90 bits per heavy atom. The van der Waals surface area contributed by atoms with Crippen molar-refractivity contribution in [2.45, 2.75) is 22.6 Å². The van der Waals surface area contributed by atoms with E-state index >= 15 is 0 Å². The number of rotatable bonds is 10. The lowest BCUT2D eigenvalue weighted by Gasteiger charge is -2.12. The van der Waals surface area contributed by atoms with Crippen molar-refractivity contribution in [1.29, 1.82) is 0 Å². The Labute approximate surface area is 242 Å². The van der Waals surface area contributed by atoms with Crippen molar-refractivity contribution in [1.82, 2.24) is 19.7 Å². The van der Waals surface area contributed by atoms with E-state index in [1.54, 1.807) is 18.2 Å². The summed E-state index contributed by atoms with van der Waals surface area (Å²) < 4.78 is 16.0. The molecule has 0 fully saturated rings. The molecule has 0 spiro atoms. The molecule has 0 saturated carbocycles. The summed E-state index contributed by atoms with van der Waals surface area (Å²) in [4.78, 5) is 43.3. The van der Waals surface area contributed by atoms with Crippen molar-refractivity contribution >= 4 is 104 Å². The van der Waals surface area contributed by atoms with Gasteiger partial charge in [-0.15, -0.1) is 0 Å². The van der Waals surface area contributed by atoms with Crippen molar-refractivity contribution in [3.8, 4) is 0 Å². The summed E-state index contributed by atoms with van der Waals surface area (Å²) in [6, 6.07) is 7.24. The normalized spacial score (nSPS) is 11.8. The van der Waals surface area contributed by atoms with Gasteiger partial charge >= 0.3 is 11.9 Å². The Morgan fingerprint density at radius 1 is 1.15 bits per heavy atom. The highest BCUT2D eigenvalue weighted by Gasteiger charge is 2.24. The maximum atomic E-state index is 14.4. The van der Waals surface area contributed by atoms with E-state index in [1.807, 2.05) is 0 Å². The van der Waals surface area contributed by atoms with Crippen molar-refractivity contribution in [3.05, 3.63) is 56.5 Å². The van der Waals surface area contributed by atoms with Gasteiger partial charge in [-0.2, -0.15) is 5.10 Å². The second-order valence-electron chi connectivity index (χ2n) is 7.71. The van der Waals surface area contributed by atoms with E-state index in [0.29, 0.717) is 16.6 Å². The molecule has 1 unspecified atom stereocenters. The lowest BCUT2D eigenvalue weighted by Crippen LogP contribution is -2.21. The van der Waals surface area contributed by atoms with Crippen molar-refractivity contribution in [3.63, 3.8) is 0 Å². The molecule has 17 heteroatoms. The maximum absolute atomic E-state index is 14.4. The lowest BCUT2D eigenvalue weighted by molar-refractivity contribution is -0.142. The van der Waals surface area contributed by atoms with Gasteiger partial charge in [0.05, 0.1) is 27.7 Å². The Hall–Kier alpha value is -3.37. The van der Waals surface area contributed by atoms with E-state index in [1.165, 1.54) is 17.1 Å². The monoisotopic (exact) mass is 628 g/mol. The Bertz CT molecular complexity index is 1670. The first kappa shape index (κ1) is 28.6. The number of fused-ring (bicyclic) bond motifs is 1. The summed E-state index contributed by atoms with van der Waals surface area (Å²) in [7, 11) is 0. The highest BCUT2D eigenvalue weighted by Crippen LogP contribution is 2.32. The second kappa shape index (κ2) is 12.2. The van der Waals surface area contributed by atoms with Gasteiger partial charge in [-0.1, -0.05) is 46.3 Å². The van der Waals surface area contributed by atoms with Gasteiger partial charge in [0.2, 0.25) is 5.91 Å². The van der Waals surface area contributed by atoms with Gasteiger partial charge in [0.15, 0.2) is 8.29 Å². The quantitative estimate of drug-likeness (QED) is 0.100. The van der Waals surface area contributed by atoms with Crippen LogP contribution < -0.4 is 10.6 Å². The van der Waals surface area contributed by atoms with Gasteiger partial charge in [-0.25, -0.2) is 19.0 Å². The van der Waals surface area contributed by atoms with Crippen LogP contribution in [0.25, 0.3) is 10.9 Å². The molecular formula is C22H15Cl2FN6O5S3. The summed E-state index contributed by atoms with van der Waals surface area (Å²) >= 11 is 18.8. The number of hydrogen-bond donors (Lipinski definition) is 4. The van der Waals surface area contributed by atoms with Gasteiger partial charge in [-0.05, 0) is 42.5 Å². The number of carboxylic acid groups (broad SMARTS) is 2. The molecule has 0 aliphatic heterocycles. The van der Waals surface area contributed by atoms with Gasteiger partial charge in [0, 0.05) is 11.1 Å². The molecule has 0 saturated heterocycles. The third kappa shape index (κ3) is 7.19. The number of thioether (sulfide) groups is 1. The van der Waals surface area contributed by atoms with E-state index in [9.17, 15) is 23.9 Å². The zero-order valence-corrected chi connectivity index (χ0v) is 23.2. The number of hydrogen-bond acceptors (Lipinski definition) is 10. The van der Waals surface area contributed by atoms with Crippen LogP contribution in [-0.2, 0) is 20.9 Å². The molecular weight excluding hydrogens is 614 g/mol. The van der Waals surface area contributed by atoms with E-state index in [-0.39, 0.29) is 36.4 Å². The number of carboxylic acids is 2. The molecule has 202 valence electrons. The molecule has 0 aliphatic rings. The van der Waals surface area contributed by atoms with Crippen molar-refractivity contribution in [2.75, 3.05) is 10.6 Å². The molecule has 11 nitrogen and oxygen atoms in total. The number of aromatic nitrogens is 4. The molecule has 4 rings (SSSR count). The van der Waals surface area contributed by atoms with Crippen molar-refractivity contribution in [2.24, 2.45) is 0 Å². The van der Waals surface area contributed by atoms with Gasteiger partial charge in [0.25, 0.3) is 0 Å². The number of carbonyl (C=O) groups is 3. The number of aliphatic carboxylic acids is 2. The molecule has 4 N–H and O–H groups in total. The molecule has 39 heavy (non-hydrogen) atoms. The molecule has 4 aromatic rings. The highest BCUT2D eigenvalue weighted by atomic mass is 35.5. The van der Waals surface area contributed by atoms with Crippen LogP contribution in [0, 0.1) is 9.77 Å². The minimum atomic E-state index is -1.30. The number of halogens is 3. The number of carbonyl (C=O) groups excluding carboxylic acids is 1. The molecule has 0 aliphatic carbocycles. The van der Waals surface area contributed by atoms with E-state index in [4.69, 9.17) is 40.5 Å². The second-order valence-corrected chi connectivity index (χ2v) is 11.6. The van der Waals surface area contributed by atoms with Crippen LogP contribution in [0.1, 0.15) is 6.42 Å². The van der Waals surface area contributed by atoms with Crippen LogP contribution in [0.3, 0.4) is 0 Å². The van der Waals surface area contributed by atoms with Crippen LogP contribution in [0.5, 0.6) is 0 Å². The number of nitrogens with one attached hydrogen (secondary N) is 2. The van der Waals surface area contributed by atoms with Crippen LogP contribution >= 0.6 is 58.5 Å². The zero-order chi connectivity index (χ0) is 28.3. The summed E-state index contributed by atoms with van der Waals surface area (Å²) in [5.41, 5.74) is 0.936. The number of nitrogens with zero attached hydrogens (tertiary/aromatic N) is 4. The van der Waals surface area contributed by atoms with E-state index in [0.717, 1.165) is 29.2 Å². The predicted molar refractivity (Wildman–Crippen MR) is 148 cm³/mol. The van der Waals surface area contributed by atoms with Crippen LogP contribution in [0.4, 0.5) is 21.6 Å². The fourth-order valence-electron chi connectivity index (χ4n) is 3.21. The first-order valence-corrected chi connectivity index (χ1v) is 13.5. The molecule has 0 radical (unpaired) electrons. The van der Waals surface area contributed by atoms with Crippen LogP contribution in [-0.4, -0.2) is 53.1 Å².